The first-order chi connectivity index (χ1) is 13.8. The second-order valence-corrected chi connectivity index (χ2v) is 6.94. The lowest BCUT2D eigenvalue weighted by Crippen LogP contribution is -2.41. The van der Waals surface area contributed by atoms with Crippen molar-refractivity contribution in [3.05, 3.63) is 70.7 Å². The lowest BCUT2D eigenvalue weighted by atomic mass is 10.00. The summed E-state index contributed by atoms with van der Waals surface area (Å²) in [6.07, 6.45) is -1.83. The number of likely N-dealkylation sites (N-methyl/N-ethyl adjacent to an activating group) is 1. The Balaban J connectivity index is 1.82. The van der Waals surface area contributed by atoms with Gasteiger partial charge < -0.3 is 16.0 Å². The Labute approximate surface area is 167 Å². The summed E-state index contributed by atoms with van der Waals surface area (Å²) in [5.74, 6) is -0.112. The third-order valence-electron chi connectivity index (χ3n) is 4.85. The number of hydrogen-bond donors (Lipinski definition) is 3. The van der Waals surface area contributed by atoms with E-state index in [1.54, 1.807) is 31.4 Å². The smallest absolute Gasteiger partial charge is 0.358 e. The van der Waals surface area contributed by atoms with Gasteiger partial charge in [-0.05, 0) is 37.7 Å². The molecule has 0 saturated heterocycles. The molecule has 3 rings (SSSR count). The molecule has 1 aliphatic heterocycles. The molecule has 1 aromatic carbocycles. The van der Waals surface area contributed by atoms with Crippen LogP contribution < -0.4 is 16.0 Å². The number of carbonyl (C=O) groups is 1. The molecular formula is C21H23F3N4O. The predicted octanol–water partition coefficient (Wildman–Crippen LogP) is 3.49. The first kappa shape index (κ1) is 20.9. The number of aromatic nitrogens is 1. The zero-order valence-electron chi connectivity index (χ0n) is 16.2. The standard InChI is InChI=1S/C21H23F3N4O/c1-13(25-2)19-18(7-9-27-20(19)29)28-16-6-8-26-17(12-16)11-14-4-3-5-15(10-14)21(22,23)24/h3-6,8,10,12-13,25H,7,9,11H2,1-2H3,(H,26,28)(H,27,29). The third-order valence-corrected chi connectivity index (χ3v) is 4.85. The molecule has 0 spiro atoms. The molecule has 0 aliphatic carbocycles. The van der Waals surface area contributed by atoms with Crippen LogP contribution in [0.3, 0.4) is 0 Å². The van der Waals surface area contributed by atoms with Crippen molar-refractivity contribution in [1.82, 2.24) is 15.6 Å². The molecule has 0 saturated carbocycles. The summed E-state index contributed by atoms with van der Waals surface area (Å²) in [4.78, 5) is 16.5. The second-order valence-electron chi connectivity index (χ2n) is 6.94. The molecule has 154 valence electrons. The fraction of sp³-hybridized carbons (Fsp3) is 0.333. The van der Waals surface area contributed by atoms with Crippen molar-refractivity contribution in [3.8, 4) is 0 Å². The molecule has 1 unspecified atom stereocenters. The Morgan fingerprint density at radius 1 is 1.24 bits per heavy atom. The summed E-state index contributed by atoms with van der Waals surface area (Å²) >= 11 is 0. The Morgan fingerprint density at radius 2 is 2.03 bits per heavy atom. The Bertz CT molecular complexity index is 924. The van der Waals surface area contributed by atoms with Crippen molar-refractivity contribution >= 4 is 11.6 Å². The van der Waals surface area contributed by atoms with E-state index in [-0.39, 0.29) is 18.4 Å². The van der Waals surface area contributed by atoms with E-state index >= 15 is 0 Å². The number of halogens is 3. The number of rotatable bonds is 6. The van der Waals surface area contributed by atoms with Gasteiger partial charge in [-0.1, -0.05) is 18.2 Å². The molecule has 0 bridgehead atoms. The monoisotopic (exact) mass is 404 g/mol. The number of amides is 1. The molecule has 0 radical (unpaired) electrons. The topological polar surface area (TPSA) is 66.1 Å². The highest BCUT2D eigenvalue weighted by Crippen LogP contribution is 2.30. The molecule has 29 heavy (non-hydrogen) atoms. The minimum atomic E-state index is -4.37. The van der Waals surface area contributed by atoms with Gasteiger partial charge in [0, 0.05) is 48.7 Å². The van der Waals surface area contributed by atoms with Gasteiger partial charge >= 0.3 is 6.18 Å². The largest absolute Gasteiger partial charge is 0.416 e. The van der Waals surface area contributed by atoms with Gasteiger partial charge in [-0.15, -0.1) is 0 Å². The van der Waals surface area contributed by atoms with Gasteiger partial charge in [-0.25, -0.2) is 0 Å². The summed E-state index contributed by atoms with van der Waals surface area (Å²) in [6.45, 7) is 2.46. The predicted molar refractivity (Wildman–Crippen MR) is 105 cm³/mol. The van der Waals surface area contributed by atoms with Crippen LogP contribution in [0.2, 0.25) is 0 Å². The van der Waals surface area contributed by atoms with Crippen LogP contribution in [-0.4, -0.2) is 30.5 Å². The van der Waals surface area contributed by atoms with E-state index in [4.69, 9.17) is 0 Å². The van der Waals surface area contributed by atoms with Crippen LogP contribution in [0.15, 0.2) is 53.9 Å². The molecule has 1 amide bonds. The van der Waals surface area contributed by atoms with Crippen LogP contribution in [0.1, 0.15) is 30.2 Å². The first-order valence-corrected chi connectivity index (χ1v) is 9.34. The number of hydrogen-bond acceptors (Lipinski definition) is 4. The number of alkyl halides is 3. The second kappa shape index (κ2) is 8.65. The quantitative estimate of drug-likeness (QED) is 0.690. The highest BCUT2D eigenvalue weighted by Gasteiger charge is 2.30. The number of carbonyl (C=O) groups excluding carboxylic acids is 1. The normalized spacial score (nSPS) is 15.8. The van der Waals surface area contributed by atoms with Crippen LogP contribution in [-0.2, 0) is 17.4 Å². The van der Waals surface area contributed by atoms with Gasteiger partial charge in [0.1, 0.15) is 0 Å². The Morgan fingerprint density at radius 3 is 2.76 bits per heavy atom. The fourth-order valence-corrected chi connectivity index (χ4v) is 3.29. The minimum absolute atomic E-state index is 0.112. The minimum Gasteiger partial charge on any atom is -0.358 e. The summed E-state index contributed by atoms with van der Waals surface area (Å²) in [6, 6.07) is 8.69. The maximum atomic E-state index is 12.9. The average molecular weight is 404 g/mol. The molecule has 2 heterocycles. The van der Waals surface area contributed by atoms with Gasteiger partial charge in [-0.3, -0.25) is 9.78 Å². The molecular weight excluding hydrogens is 381 g/mol. The highest BCUT2D eigenvalue weighted by molar-refractivity contribution is 5.96. The molecule has 5 nitrogen and oxygen atoms in total. The summed E-state index contributed by atoms with van der Waals surface area (Å²) in [7, 11) is 1.79. The molecule has 1 atom stereocenters. The van der Waals surface area contributed by atoms with Gasteiger partial charge in [0.05, 0.1) is 11.1 Å². The van der Waals surface area contributed by atoms with Crippen LogP contribution >= 0.6 is 0 Å². The molecule has 1 aliphatic rings. The van der Waals surface area contributed by atoms with Gasteiger partial charge in [0.2, 0.25) is 0 Å². The fourth-order valence-electron chi connectivity index (χ4n) is 3.29. The van der Waals surface area contributed by atoms with Crippen molar-refractivity contribution in [2.45, 2.75) is 32.0 Å². The van der Waals surface area contributed by atoms with E-state index in [0.717, 1.165) is 23.5 Å². The van der Waals surface area contributed by atoms with Crippen molar-refractivity contribution in [2.75, 3.05) is 18.9 Å². The number of nitrogens with one attached hydrogen (secondary N) is 3. The van der Waals surface area contributed by atoms with Crippen LogP contribution in [0.25, 0.3) is 0 Å². The van der Waals surface area contributed by atoms with E-state index in [2.05, 4.69) is 20.9 Å². The summed E-state index contributed by atoms with van der Waals surface area (Å²) in [5.41, 5.74) is 2.71. The third kappa shape index (κ3) is 5.14. The number of nitrogens with zero attached hydrogens (tertiary/aromatic N) is 1. The van der Waals surface area contributed by atoms with E-state index in [1.807, 2.05) is 6.92 Å². The maximum Gasteiger partial charge on any atom is 0.416 e. The van der Waals surface area contributed by atoms with Gasteiger partial charge in [0.15, 0.2) is 0 Å². The maximum absolute atomic E-state index is 12.9. The Kier molecular flexibility index (Phi) is 6.22. The van der Waals surface area contributed by atoms with Crippen LogP contribution in [0, 0.1) is 0 Å². The number of pyridine rings is 1. The number of anilines is 1. The van der Waals surface area contributed by atoms with Gasteiger partial charge in [0.25, 0.3) is 5.91 Å². The van der Waals surface area contributed by atoms with Gasteiger partial charge in [-0.2, -0.15) is 13.2 Å². The van der Waals surface area contributed by atoms with E-state index < -0.39 is 11.7 Å². The SMILES string of the molecule is CNC(C)C1=C(Nc2ccnc(Cc3cccc(C(F)(F)F)c3)c2)CCNC1=O. The molecule has 0 fully saturated rings. The van der Waals surface area contributed by atoms with Crippen molar-refractivity contribution in [2.24, 2.45) is 0 Å². The zero-order chi connectivity index (χ0) is 21.0. The van der Waals surface area contributed by atoms with Crippen molar-refractivity contribution in [1.29, 1.82) is 0 Å². The van der Waals surface area contributed by atoms with E-state index in [0.29, 0.717) is 29.8 Å². The highest BCUT2D eigenvalue weighted by atomic mass is 19.4. The van der Waals surface area contributed by atoms with Crippen LogP contribution in [0.5, 0.6) is 0 Å². The van der Waals surface area contributed by atoms with Crippen molar-refractivity contribution in [3.63, 3.8) is 0 Å². The zero-order valence-corrected chi connectivity index (χ0v) is 16.2. The number of benzene rings is 1. The van der Waals surface area contributed by atoms with E-state index in [1.165, 1.54) is 6.07 Å². The first-order valence-electron chi connectivity index (χ1n) is 9.34. The van der Waals surface area contributed by atoms with Crippen LogP contribution in [0.4, 0.5) is 18.9 Å². The lowest BCUT2D eigenvalue weighted by molar-refractivity contribution is -0.137. The summed E-state index contributed by atoms with van der Waals surface area (Å²) < 4.78 is 38.8. The summed E-state index contributed by atoms with van der Waals surface area (Å²) in [5, 5.41) is 9.22. The lowest BCUT2D eigenvalue weighted by Gasteiger charge is -2.25. The van der Waals surface area contributed by atoms with E-state index in [9.17, 15) is 18.0 Å². The van der Waals surface area contributed by atoms with Crippen molar-refractivity contribution < 1.29 is 18.0 Å². The molecule has 1 aromatic heterocycles. The Hall–Kier alpha value is -2.87. The average Bonchev–Trinajstić information content (AvgIpc) is 2.67. The molecule has 3 N–H and O–H groups in total. The molecule has 8 heteroatoms. The molecule has 2 aromatic rings.